The normalized spacial score (nSPS) is 10.6. The summed E-state index contributed by atoms with van der Waals surface area (Å²) in [5.74, 6) is -0.659. The third-order valence-electron chi connectivity index (χ3n) is 4.37. The molecule has 0 saturated heterocycles. The summed E-state index contributed by atoms with van der Waals surface area (Å²) in [6, 6.07) is 9.51. The van der Waals surface area contributed by atoms with Gasteiger partial charge in [-0.15, -0.1) is 11.3 Å². The Labute approximate surface area is 179 Å². The van der Waals surface area contributed by atoms with Crippen molar-refractivity contribution in [2.24, 2.45) is 0 Å². The predicted molar refractivity (Wildman–Crippen MR) is 114 cm³/mol. The van der Waals surface area contributed by atoms with Crippen LogP contribution in [0.3, 0.4) is 0 Å². The van der Waals surface area contributed by atoms with Gasteiger partial charge in [-0.3, -0.25) is 4.79 Å². The van der Waals surface area contributed by atoms with Crippen LogP contribution in [-0.4, -0.2) is 63.7 Å². The molecule has 0 atom stereocenters. The molecule has 30 heavy (non-hydrogen) atoms. The topological polar surface area (TPSA) is 94.2 Å². The number of nitrogens with zero attached hydrogens (tertiary/aromatic N) is 1. The van der Waals surface area contributed by atoms with Gasteiger partial charge in [0.25, 0.3) is 0 Å². The molecule has 1 heterocycles. The van der Waals surface area contributed by atoms with Crippen LogP contribution in [0.25, 0.3) is 0 Å². The predicted octanol–water partition coefficient (Wildman–Crippen LogP) is 2.97. The molecule has 162 valence electrons. The van der Waals surface area contributed by atoms with Gasteiger partial charge in [-0.25, -0.2) is 9.59 Å². The summed E-state index contributed by atoms with van der Waals surface area (Å²) in [6.45, 7) is 3.28. The molecule has 9 heteroatoms. The van der Waals surface area contributed by atoms with Crippen molar-refractivity contribution < 1.29 is 28.6 Å². The third-order valence-corrected chi connectivity index (χ3v) is 5.55. The Hall–Kier alpha value is -2.91. The average molecular weight is 435 g/mol. The van der Waals surface area contributed by atoms with E-state index in [2.05, 4.69) is 5.32 Å². The number of hydrogen-bond acceptors (Lipinski definition) is 8. The maximum absolute atomic E-state index is 12.4. The second-order valence-electron chi connectivity index (χ2n) is 6.51. The van der Waals surface area contributed by atoms with Crippen LogP contribution < -0.4 is 10.1 Å². The number of esters is 2. The minimum atomic E-state index is -0.621. The first-order valence-corrected chi connectivity index (χ1v) is 10.1. The zero-order chi connectivity index (χ0) is 22.1. The van der Waals surface area contributed by atoms with Crippen LogP contribution >= 0.6 is 11.3 Å². The fourth-order valence-corrected chi connectivity index (χ4v) is 3.80. The molecular weight excluding hydrogens is 408 g/mol. The van der Waals surface area contributed by atoms with Crippen LogP contribution in [0, 0.1) is 6.92 Å². The summed E-state index contributed by atoms with van der Waals surface area (Å²) in [5.41, 5.74) is 0.588. The van der Waals surface area contributed by atoms with Crippen molar-refractivity contribution in [3.63, 3.8) is 0 Å². The van der Waals surface area contributed by atoms with Gasteiger partial charge >= 0.3 is 11.9 Å². The average Bonchev–Trinajstić information content (AvgIpc) is 3.07. The van der Waals surface area contributed by atoms with Gasteiger partial charge in [0, 0.05) is 19.5 Å². The molecule has 0 aliphatic rings. The lowest BCUT2D eigenvalue weighted by atomic mass is 10.1. The summed E-state index contributed by atoms with van der Waals surface area (Å²) in [5, 5.41) is 2.99. The maximum atomic E-state index is 12.4. The summed E-state index contributed by atoms with van der Waals surface area (Å²) in [7, 11) is 4.40. The van der Waals surface area contributed by atoms with Crippen molar-refractivity contribution in [2.75, 3.05) is 46.3 Å². The number of ether oxygens (including phenoxy) is 3. The van der Waals surface area contributed by atoms with Crippen LogP contribution in [0.5, 0.6) is 5.75 Å². The standard InChI is InChI=1S/C21H26N2O6S/c1-14-17(20(25)27-3)19(30-18(14)21(26)28-4)22-16(24)10-11-23(2)12-13-29-15-8-6-5-7-9-15/h5-9H,10-13H2,1-4H3,(H,22,24). The number of nitrogens with one attached hydrogen (secondary N) is 1. The Morgan fingerprint density at radius 3 is 2.33 bits per heavy atom. The monoisotopic (exact) mass is 434 g/mol. The molecule has 0 fully saturated rings. The Morgan fingerprint density at radius 1 is 1.03 bits per heavy atom. The fraction of sp³-hybridized carbons (Fsp3) is 0.381. The van der Waals surface area contributed by atoms with Gasteiger partial charge in [0.05, 0.1) is 19.8 Å². The number of carbonyl (C=O) groups is 3. The van der Waals surface area contributed by atoms with E-state index in [1.165, 1.54) is 14.2 Å². The Balaban J connectivity index is 1.90. The van der Waals surface area contributed by atoms with Gasteiger partial charge in [-0.1, -0.05) is 18.2 Å². The van der Waals surface area contributed by atoms with E-state index in [4.69, 9.17) is 14.2 Å². The van der Waals surface area contributed by atoms with Crippen LogP contribution in [0.15, 0.2) is 30.3 Å². The Morgan fingerprint density at radius 2 is 1.70 bits per heavy atom. The molecule has 1 aromatic heterocycles. The van der Waals surface area contributed by atoms with E-state index >= 15 is 0 Å². The lowest BCUT2D eigenvalue weighted by Gasteiger charge is -2.16. The lowest BCUT2D eigenvalue weighted by molar-refractivity contribution is -0.116. The van der Waals surface area contributed by atoms with Crippen LogP contribution in [0.4, 0.5) is 5.00 Å². The molecule has 0 saturated carbocycles. The first-order chi connectivity index (χ1) is 14.4. The lowest BCUT2D eigenvalue weighted by Crippen LogP contribution is -2.28. The van der Waals surface area contributed by atoms with Gasteiger partial charge in [0.1, 0.15) is 22.2 Å². The van der Waals surface area contributed by atoms with Gasteiger partial charge in [0.15, 0.2) is 0 Å². The first kappa shape index (κ1) is 23.4. The van der Waals surface area contributed by atoms with Crippen LogP contribution in [-0.2, 0) is 14.3 Å². The smallest absolute Gasteiger partial charge is 0.348 e. The number of amides is 1. The number of carbonyl (C=O) groups excluding carboxylic acids is 3. The highest BCUT2D eigenvalue weighted by atomic mass is 32.1. The van der Waals surface area contributed by atoms with Crippen LogP contribution in [0.2, 0.25) is 0 Å². The van der Waals surface area contributed by atoms with Crippen molar-refractivity contribution in [1.29, 1.82) is 0 Å². The molecule has 0 aliphatic heterocycles. The second kappa shape index (κ2) is 11.3. The van der Waals surface area contributed by atoms with E-state index in [-0.39, 0.29) is 27.8 Å². The number of benzene rings is 1. The Bertz CT molecular complexity index is 881. The van der Waals surface area contributed by atoms with Gasteiger partial charge in [-0.2, -0.15) is 0 Å². The fourth-order valence-electron chi connectivity index (χ4n) is 2.67. The molecule has 0 spiro atoms. The molecule has 1 amide bonds. The van der Waals surface area contributed by atoms with E-state index in [0.29, 0.717) is 25.3 Å². The number of para-hydroxylation sites is 1. The molecule has 0 aliphatic carbocycles. The molecule has 8 nitrogen and oxygen atoms in total. The van der Waals surface area contributed by atoms with Crippen LogP contribution in [0.1, 0.15) is 32.0 Å². The molecule has 1 aromatic carbocycles. The van der Waals surface area contributed by atoms with E-state index in [1.807, 2.05) is 42.3 Å². The minimum absolute atomic E-state index is 0.167. The number of likely N-dealkylation sites (N-methyl/N-ethyl adjacent to an activating group) is 1. The van der Waals surface area contributed by atoms with E-state index in [0.717, 1.165) is 17.1 Å². The second-order valence-corrected chi connectivity index (χ2v) is 7.53. The van der Waals surface area contributed by atoms with E-state index in [1.54, 1.807) is 6.92 Å². The number of anilines is 1. The molecule has 0 radical (unpaired) electrons. The highest BCUT2D eigenvalue weighted by Crippen LogP contribution is 2.34. The van der Waals surface area contributed by atoms with E-state index in [9.17, 15) is 14.4 Å². The maximum Gasteiger partial charge on any atom is 0.348 e. The minimum Gasteiger partial charge on any atom is -0.492 e. The van der Waals surface area contributed by atoms with Gasteiger partial charge in [-0.05, 0) is 31.7 Å². The summed E-state index contributed by atoms with van der Waals surface area (Å²) in [4.78, 5) is 38.7. The zero-order valence-electron chi connectivity index (χ0n) is 17.5. The van der Waals surface area contributed by atoms with E-state index < -0.39 is 11.9 Å². The molecule has 2 rings (SSSR count). The number of thiophene rings is 1. The highest BCUT2D eigenvalue weighted by molar-refractivity contribution is 7.18. The van der Waals surface area contributed by atoms with Crippen molar-refractivity contribution in [2.45, 2.75) is 13.3 Å². The molecular formula is C21H26N2O6S. The highest BCUT2D eigenvalue weighted by Gasteiger charge is 2.26. The molecule has 2 aromatic rings. The SMILES string of the molecule is COC(=O)c1sc(NC(=O)CCN(C)CCOc2ccccc2)c(C(=O)OC)c1C. The van der Waals surface area contributed by atoms with Crippen molar-refractivity contribution >= 4 is 34.2 Å². The largest absolute Gasteiger partial charge is 0.492 e. The Kier molecular flexibility index (Phi) is 8.82. The van der Waals surface area contributed by atoms with Crippen molar-refractivity contribution in [3.05, 3.63) is 46.3 Å². The number of rotatable bonds is 10. The molecule has 0 unspecified atom stereocenters. The zero-order valence-corrected chi connectivity index (χ0v) is 18.3. The number of hydrogen-bond donors (Lipinski definition) is 1. The molecule has 0 bridgehead atoms. The third kappa shape index (κ3) is 6.30. The quantitative estimate of drug-likeness (QED) is 0.575. The van der Waals surface area contributed by atoms with Gasteiger partial charge in [0.2, 0.25) is 5.91 Å². The molecule has 1 N–H and O–H groups in total. The van der Waals surface area contributed by atoms with Gasteiger partial charge < -0.3 is 24.4 Å². The first-order valence-electron chi connectivity index (χ1n) is 9.33. The summed E-state index contributed by atoms with van der Waals surface area (Å²) in [6.07, 6.45) is 0.215. The van der Waals surface area contributed by atoms with Crippen molar-refractivity contribution in [3.8, 4) is 5.75 Å². The van der Waals surface area contributed by atoms with Crippen molar-refractivity contribution in [1.82, 2.24) is 4.90 Å². The summed E-state index contributed by atoms with van der Waals surface area (Å²) < 4.78 is 15.2. The summed E-state index contributed by atoms with van der Waals surface area (Å²) >= 11 is 0.996. The number of methoxy groups -OCH3 is 2.